The van der Waals surface area contributed by atoms with Gasteiger partial charge < -0.3 is 14.6 Å². The van der Waals surface area contributed by atoms with Crippen molar-refractivity contribution in [3.8, 4) is 0 Å². The SMILES string of the molecule is C=CCOCCOCCCC(=C)C(=O)O. The Bertz CT molecular complexity index is 211. The molecule has 4 nitrogen and oxygen atoms in total. The van der Waals surface area contributed by atoms with Crippen LogP contribution in [0.5, 0.6) is 0 Å². The van der Waals surface area contributed by atoms with Crippen LogP contribution < -0.4 is 0 Å². The number of carboxylic acid groups (broad SMARTS) is 1. The van der Waals surface area contributed by atoms with Crippen molar-refractivity contribution in [3.63, 3.8) is 0 Å². The number of hydrogen-bond acceptors (Lipinski definition) is 3. The predicted molar refractivity (Wildman–Crippen MR) is 57.8 cm³/mol. The summed E-state index contributed by atoms with van der Waals surface area (Å²) in [5.41, 5.74) is 0.224. The van der Waals surface area contributed by atoms with E-state index in [4.69, 9.17) is 14.6 Å². The van der Waals surface area contributed by atoms with Gasteiger partial charge in [0.1, 0.15) is 0 Å². The van der Waals surface area contributed by atoms with E-state index in [2.05, 4.69) is 13.2 Å². The van der Waals surface area contributed by atoms with Gasteiger partial charge in [0.15, 0.2) is 0 Å². The van der Waals surface area contributed by atoms with Gasteiger partial charge in [0.2, 0.25) is 0 Å². The molecule has 0 heterocycles. The first-order valence-corrected chi connectivity index (χ1v) is 4.86. The molecule has 0 aromatic rings. The maximum Gasteiger partial charge on any atom is 0.330 e. The number of rotatable bonds is 10. The van der Waals surface area contributed by atoms with Crippen molar-refractivity contribution in [1.29, 1.82) is 0 Å². The Kier molecular flexibility index (Phi) is 8.72. The number of carbonyl (C=O) groups is 1. The molecule has 0 unspecified atom stereocenters. The largest absolute Gasteiger partial charge is 0.478 e. The summed E-state index contributed by atoms with van der Waals surface area (Å²) in [4.78, 5) is 10.4. The molecule has 86 valence electrons. The van der Waals surface area contributed by atoms with E-state index in [1.165, 1.54) is 0 Å². The monoisotopic (exact) mass is 214 g/mol. The number of hydrogen-bond donors (Lipinski definition) is 1. The van der Waals surface area contributed by atoms with E-state index in [-0.39, 0.29) is 5.57 Å². The van der Waals surface area contributed by atoms with Crippen LogP contribution in [0, 0.1) is 0 Å². The van der Waals surface area contributed by atoms with Crippen molar-refractivity contribution >= 4 is 5.97 Å². The van der Waals surface area contributed by atoms with Gasteiger partial charge in [-0.1, -0.05) is 12.7 Å². The van der Waals surface area contributed by atoms with Crippen molar-refractivity contribution in [3.05, 3.63) is 24.8 Å². The van der Waals surface area contributed by atoms with Gasteiger partial charge in [-0.15, -0.1) is 6.58 Å². The molecule has 0 aromatic heterocycles. The smallest absolute Gasteiger partial charge is 0.330 e. The van der Waals surface area contributed by atoms with Crippen LogP contribution in [0.4, 0.5) is 0 Å². The third-order valence-corrected chi connectivity index (χ3v) is 1.68. The predicted octanol–water partition coefficient (Wildman–Crippen LogP) is 1.63. The highest BCUT2D eigenvalue weighted by Crippen LogP contribution is 2.01. The van der Waals surface area contributed by atoms with E-state index in [0.29, 0.717) is 39.3 Å². The minimum atomic E-state index is -0.940. The van der Waals surface area contributed by atoms with Gasteiger partial charge >= 0.3 is 5.97 Å². The van der Waals surface area contributed by atoms with Crippen molar-refractivity contribution in [1.82, 2.24) is 0 Å². The fraction of sp³-hybridized carbons (Fsp3) is 0.545. The second kappa shape index (κ2) is 9.43. The van der Waals surface area contributed by atoms with Gasteiger partial charge in [-0.3, -0.25) is 0 Å². The lowest BCUT2D eigenvalue weighted by Gasteiger charge is -2.04. The third-order valence-electron chi connectivity index (χ3n) is 1.68. The second-order valence-electron chi connectivity index (χ2n) is 2.99. The average molecular weight is 214 g/mol. The normalized spacial score (nSPS) is 9.87. The maximum atomic E-state index is 10.4. The standard InChI is InChI=1S/C11H18O4/c1-3-6-14-8-9-15-7-4-5-10(2)11(12)13/h3H,1-2,4-9H2,(H,12,13). The van der Waals surface area contributed by atoms with E-state index in [1.54, 1.807) is 6.08 Å². The minimum Gasteiger partial charge on any atom is -0.478 e. The molecular formula is C11H18O4. The van der Waals surface area contributed by atoms with Gasteiger partial charge in [-0.25, -0.2) is 4.79 Å². The lowest BCUT2D eigenvalue weighted by molar-refractivity contribution is -0.132. The lowest BCUT2D eigenvalue weighted by atomic mass is 10.2. The molecule has 0 aliphatic heterocycles. The van der Waals surface area contributed by atoms with Gasteiger partial charge in [-0.2, -0.15) is 0 Å². The van der Waals surface area contributed by atoms with Gasteiger partial charge in [0, 0.05) is 12.2 Å². The van der Waals surface area contributed by atoms with E-state index >= 15 is 0 Å². The molecule has 4 heteroatoms. The minimum absolute atomic E-state index is 0.224. The molecule has 0 amide bonds. The highest BCUT2D eigenvalue weighted by atomic mass is 16.5. The highest BCUT2D eigenvalue weighted by Gasteiger charge is 2.02. The van der Waals surface area contributed by atoms with Gasteiger partial charge in [-0.05, 0) is 12.8 Å². The second-order valence-corrected chi connectivity index (χ2v) is 2.99. The molecule has 0 rings (SSSR count). The number of carboxylic acids is 1. The topological polar surface area (TPSA) is 55.8 Å². The van der Waals surface area contributed by atoms with E-state index in [1.807, 2.05) is 0 Å². The van der Waals surface area contributed by atoms with Crippen LogP contribution >= 0.6 is 0 Å². The van der Waals surface area contributed by atoms with Crippen LogP contribution in [-0.4, -0.2) is 37.5 Å². The third kappa shape index (κ3) is 9.18. The molecule has 1 N–H and O–H groups in total. The van der Waals surface area contributed by atoms with E-state index in [9.17, 15) is 4.79 Å². The Morgan fingerprint density at radius 3 is 2.53 bits per heavy atom. The van der Waals surface area contributed by atoms with Crippen LogP contribution in [0.25, 0.3) is 0 Å². The van der Waals surface area contributed by atoms with Crippen LogP contribution in [0.1, 0.15) is 12.8 Å². The Hall–Kier alpha value is -1.13. The summed E-state index contributed by atoms with van der Waals surface area (Å²) in [7, 11) is 0. The lowest BCUT2D eigenvalue weighted by Crippen LogP contribution is -2.06. The number of ether oxygens (including phenoxy) is 2. The summed E-state index contributed by atoms with van der Waals surface area (Å²) >= 11 is 0. The molecule has 0 atom stereocenters. The molecule has 0 saturated carbocycles. The average Bonchev–Trinajstić information content (AvgIpc) is 2.21. The Balaban J connectivity index is 3.14. The van der Waals surface area contributed by atoms with Crippen LogP contribution in [-0.2, 0) is 14.3 Å². The molecule has 0 fully saturated rings. The van der Waals surface area contributed by atoms with Crippen molar-refractivity contribution in [2.24, 2.45) is 0 Å². The first-order chi connectivity index (χ1) is 7.18. The highest BCUT2D eigenvalue weighted by molar-refractivity contribution is 5.85. The zero-order valence-electron chi connectivity index (χ0n) is 8.91. The molecule has 0 aliphatic carbocycles. The summed E-state index contributed by atoms with van der Waals surface area (Å²) in [6.45, 7) is 9.05. The van der Waals surface area contributed by atoms with Gasteiger partial charge in [0.05, 0.1) is 19.8 Å². The summed E-state index contributed by atoms with van der Waals surface area (Å²) in [6.07, 6.45) is 2.81. The zero-order chi connectivity index (χ0) is 11.5. The fourth-order valence-corrected chi connectivity index (χ4v) is 0.881. The van der Waals surface area contributed by atoms with Crippen LogP contribution in [0.15, 0.2) is 24.8 Å². The van der Waals surface area contributed by atoms with E-state index < -0.39 is 5.97 Å². The maximum absolute atomic E-state index is 10.4. The van der Waals surface area contributed by atoms with Crippen molar-refractivity contribution < 1.29 is 19.4 Å². The molecule has 0 aliphatic rings. The van der Waals surface area contributed by atoms with E-state index in [0.717, 1.165) is 0 Å². The summed E-state index contributed by atoms with van der Waals surface area (Å²) in [6, 6.07) is 0. The first-order valence-electron chi connectivity index (χ1n) is 4.86. The summed E-state index contributed by atoms with van der Waals surface area (Å²) in [5, 5.41) is 8.51. The molecule has 0 spiro atoms. The fourth-order valence-electron chi connectivity index (χ4n) is 0.881. The summed E-state index contributed by atoms with van der Waals surface area (Å²) < 4.78 is 10.3. The molecule has 0 radical (unpaired) electrons. The quantitative estimate of drug-likeness (QED) is 0.341. The zero-order valence-corrected chi connectivity index (χ0v) is 8.91. The molecule has 15 heavy (non-hydrogen) atoms. The van der Waals surface area contributed by atoms with Crippen molar-refractivity contribution in [2.75, 3.05) is 26.4 Å². The Labute approximate surface area is 90.2 Å². The molecule has 0 aromatic carbocycles. The van der Waals surface area contributed by atoms with Crippen molar-refractivity contribution in [2.45, 2.75) is 12.8 Å². The molecule has 0 bridgehead atoms. The van der Waals surface area contributed by atoms with Crippen LogP contribution in [0.3, 0.4) is 0 Å². The molecule has 0 saturated heterocycles. The Morgan fingerprint density at radius 2 is 1.93 bits per heavy atom. The number of aliphatic carboxylic acids is 1. The van der Waals surface area contributed by atoms with Crippen LogP contribution in [0.2, 0.25) is 0 Å². The first kappa shape index (κ1) is 13.9. The molecular weight excluding hydrogens is 196 g/mol. The van der Waals surface area contributed by atoms with Gasteiger partial charge in [0.25, 0.3) is 0 Å². The Morgan fingerprint density at radius 1 is 1.27 bits per heavy atom. The summed E-state index contributed by atoms with van der Waals surface area (Å²) in [5.74, 6) is -0.940.